The third-order valence-electron chi connectivity index (χ3n) is 3.99. The van der Waals surface area contributed by atoms with Crippen molar-refractivity contribution in [2.45, 2.75) is 12.5 Å². The molecule has 1 heterocycles. The zero-order valence-corrected chi connectivity index (χ0v) is 14.0. The van der Waals surface area contributed by atoms with Crippen molar-refractivity contribution in [3.63, 3.8) is 0 Å². The van der Waals surface area contributed by atoms with Gasteiger partial charge in [0, 0.05) is 22.2 Å². The highest BCUT2D eigenvalue weighted by atomic mass is 35.5. The first-order valence-electron chi connectivity index (χ1n) is 7.07. The number of ether oxygens (including phenoxy) is 2. The summed E-state index contributed by atoms with van der Waals surface area (Å²) in [5.41, 5.74) is 3.34. The smallest absolute Gasteiger partial charge is 0.164 e. The van der Waals surface area contributed by atoms with Crippen LogP contribution in [0.5, 0.6) is 11.5 Å². The van der Waals surface area contributed by atoms with E-state index < -0.39 is 0 Å². The Balaban J connectivity index is 2.12. The molecule has 22 heavy (non-hydrogen) atoms. The third kappa shape index (κ3) is 2.65. The van der Waals surface area contributed by atoms with E-state index in [4.69, 9.17) is 32.7 Å². The Hall–Kier alpha value is -1.42. The summed E-state index contributed by atoms with van der Waals surface area (Å²) in [7, 11) is 3.32. The Kier molecular flexibility index (Phi) is 4.48. The van der Waals surface area contributed by atoms with Crippen molar-refractivity contribution >= 4 is 23.2 Å². The summed E-state index contributed by atoms with van der Waals surface area (Å²) in [6, 6.07) is 9.62. The molecule has 0 spiro atoms. The second kappa shape index (κ2) is 6.37. The summed E-state index contributed by atoms with van der Waals surface area (Å²) in [5, 5.41) is 4.81. The highest BCUT2D eigenvalue weighted by Crippen LogP contribution is 2.41. The van der Waals surface area contributed by atoms with Crippen LogP contribution in [0, 0.1) is 0 Å². The van der Waals surface area contributed by atoms with Gasteiger partial charge in [0.15, 0.2) is 11.5 Å². The molecule has 0 amide bonds. The Morgan fingerprint density at radius 2 is 1.82 bits per heavy atom. The first kappa shape index (κ1) is 15.5. The maximum atomic E-state index is 6.38. The maximum absolute atomic E-state index is 6.38. The van der Waals surface area contributed by atoms with Crippen molar-refractivity contribution in [1.29, 1.82) is 0 Å². The third-order valence-corrected chi connectivity index (χ3v) is 4.56. The molecule has 3 nitrogen and oxygen atoms in total. The molecule has 1 N–H and O–H groups in total. The Morgan fingerprint density at radius 1 is 1.05 bits per heavy atom. The van der Waals surface area contributed by atoms with Crippen LogP contribution in [0.1, 0.15) is 22.7 Å². The number of benzene rings is 2. The Labute approximate surface area is 140 Å². The van der Waals surface area contributed by atoms with Crippen LogP contribution in [-0.4, -0.2) is 20.8 Å². The molecule has 0 bridgehead atoms. The van der Waals surface area contributed by atoms with Crippen LogP contribution >= 0.6 is 23.2 Å². The standard InChI is InChI=1S/C17H17Cl2NO2/c1-21-15-6-5-11-12(17(15)22-2)7-8-20-16(11)13-4-3-10(18)9-14(13)19/h3-6,9,16,20H,7-8H2,1-2H3. The van der Waals surface area contributed by atoms with Crippen molar-refractivity contribution in [3.8, 4) is 11.5 Å². The number of methoxy groups -OCH3 is 2. The van der Waals surface area contributed by atoms with E-state index in [1.54, 1.807) is 20.3 Å². The topological polar surface area (TPSA) is 30.5 Å². The van der Waals surface area contributed by atoms with Gasteiger partial charge in [0.25, 0.3) is 0 Å². The van der Waals surface area contributed by atoms with Gasteiger partial charge in [-0.25, -0.2) is 0 Å². The van der Waals surface area contributed by atoms with Crippen LogP contribution < -0.4 is 14.8 Å². The quantitative estimate of drug-likeness (QED) is 0.908. The second-order valence-electron chi connectivity index (χ2n) is 5.17. The Bertz CT molecular complexity index is 703. The Morgan fingerprint density at radius 3 is 2.50 bits per heavy atom. The second-order valence-corrected chi connectivity index (χ2v) is 6.02. The maximum Gasteiger partial charge on any atom is 0.164 e. The van der Waals surface area contributed by atoms with Gasteiger partial charge in [0.05, 0.1) is 20.3 Å². The van der Waals surface area contributed by atoms with Gasteiger partial charge in [-0.2, -0.15) is 0 Å². The van der Waals surface area contributed by atoms with E-state index in [1.165, 1.54) is 0 Å². The number of fused-ring (bicyclic) bond motifs is 1. The van der Waals surface area contributed by atoms with Crippen molar-refractivity contribution < 1.29 is 9.47 Å². The minimum atomic E-state index is 0.0216. The average molecular weight is 338 g/mol. The summed E-state index contributed by atoms with van der Waals surface area (Å²) in [6.45, 7) is 0.847. The van der Waals surface area contributed by atoms with Crippen LogP contribution in [-0.2, 0) is 6.42 Å². The molecule has 1 aliphatic heterocycles. The zero-order valence-electron chi connectivity index (χ0n) is 12.5. The number of nitrogens with one attached hydrogen (secondary N) is 1. The lowest BCUT2D eigenvalue weighted by molar-refractivity contribution is 0.348. The van der Waals surface area contributed by atoms with Gasteiger partial charge in [0.1, 0.15) is 0 Å². The van der Waals surface area contributed by atoms with Gasteiger partial charge in [-0.1, -0.05) is 35.3 Å². The predicted octanol–water partition coefficient (Wildman–Crippen LogP) is 4.25. The van der Waals surface area contributed by atoms with E-state index in [1.807, 2.05) is 18.2 Å². The molecule has 2 aromatic rings. The average Bonchev–Trinajstić information content (AvgIpc) is 2.53. The fraction of sp³-hybridized carbons (Fsp3) is 0.294. The van der Waals surface area contributed by atoms with Crippen LogP contribution in [0.4, 0.5) is 0 Å². The van der Waals surface area contributed by atoms with Crippen molar-refractivity contribution in [3.05, 3.63) is 57.1 Å². The molecular formula is C17H17Cl2NO2. The lowest BCUT2D eigenvalue weighted by atomic mass is 9.89. The highest BCUT2D eigenvalue weighted by Gasteiger charge is 2.27. The van der Waals surface area contributed by atoms with Gasteiger partial charge >= 0.3 is 0 Å². The van der Waals surface area contributed by atoms with E-state index in [0.29, 0.717) is 10.0 Å². The lowest BCUT2D eigenvalue weighted by Crippen LogP contribution is -2.31. The molecule has 0 aliphatic carbocycles. The zero-order chi connectivity index (χ0) is 15.7. The van der Waals surface area contributed by atoms with Crippen LogP contribution in [0.25, 0.3) is 0 Å². The highest BCUT2D eigenvalue weighted by molar-refractivity contribution is 6.35. The van der Waals surface area contributed by atoms with E-state index in [0.717, 1.165) is 41.2 Å². The molecule has 0 saturated heterocycles. The first-order valence-corrected chi connectivity index (χ1v) is 7.83. The summed E-state index contributed by atoms with van der Waals surface area (Å²) in [4.78, 5) is 0. The van der Waals surface area contributed by atoms with Crippen LogP contribution in [0.3, 0.4) is 0 Å². The molecule has 2 aromatic carbocycles. The first-order chi connectivity index (χ1) is 10.7. The van der Waals surface area contributed by atoms with Crippen LogP contribution in [0.15, 0.2) is 30.3 Å². The van der Waals surface area contributed by atoms with Gasteiger partial charge < -0.3 is 14.8 Å². The molecular weight excluding hydrogens is 321 g/mol. The van der Waals surface area contributed by atoms with Crippen molar-refractivity contribution in [2.24, 2.45) is 0 Å². The molecule has 1 unspecified atom stereocenters. The summed E-state index contributed by atoms with van der Waals surface area (Å²) >= 11 is 12.4. The molecule has 3 rings (SSSR count). The molecule has 0 aromatic heterocycles. The minimum Gasteiger partial charge on any atom is -0.493 e. The normalized spacial score (nSPS) is 17.0. The van der Waals surface area contributed by atoms with E-state index in [-0.39, 0.29) is 6.04 Å². The van der Waals surface area contributed by atoms with Gasteiger partial charge in [-0.3, -0.25) is 0 Å². The molecule has 5 heteroatoms. The fourth-order valence-electron chi connectivity index (χ4n) is 3.00. The number of hydrogen-bond donors (Lipinski definition) is 1. The number of hydrogen-bond acceptors (Lipinski definition) is 3. The van der Waals surface area contributed by atoms with Crippen molar-refractivity contribution in [2.75, 3.05) is 20.8 Å². The molecule has 1 aliphatic rings. The number of halogens is 2. The van der Waals surface area contributed by atoms with Crippen molar-refractivity contribution in [1.82, 2.24) is 5.32 Å². The van der Waals surface area contributed by atoms with Gasteiger partial charge in [-0.15, -0.1) is 0 Å². The monoisotopic (exact) mass is 337 g/mol. The molecule has 1 atom stereocenters. The summed E-state index contributed by atoms with van der Waals surface area (Å²) in [6.07, 6.45) is 0.886. The van der Waals surface area contributed by atoms with E-state index in [9.17, 15) is 0 Å². The summed E-state index contributed by atoms with van der Waals surface area (Å²) in [5.74, 6) is 1.56. The summed E-state index contributed by atoms with van der Waals surface area (Å²) < 4.78 is 11.0. The molecule has 0 radical (unpaired) electrons. The van der Waals surface area contributed by atoms with E-state index >= 15 is 0 Å². The minimum absolute atomic E-state index is 0.0216. The SMILES string of the molecule is COc1ccc2c(c1OC)CCNC2c1ccc(Cl)cc1Cl. The molecule has 0 saturated carbocycles. The van der Waals surface area contributed by atoms with Gasteiger partial charge in [-0.05, 0) is 35.7 Å². The fourth-order valence-corrected chi connectivity index (χ4v) is 3.52. The molecule has 0 fully saturated rings. The van der Waals surface area contributed by atoms with E-state index in [2.05, 4.69) is 11.4 Å². The van der Waals surface area contributed by atoms with Crippen LogP contribution in [0.2, 0.25) is 10.0 Å². The molecule has 116 valence electrons. The van der Waals surface area contributed by atoms with Gasteiger partial charge in [0.2, 0.25) is 0 Å². The number of rotatable bonds is 3. The largest absolute Gasteiger partial charge is 0.493 e. The predicted molar refractivity (Wildman–Crippen MR) is 89.6 cm³/mol. The lowest BCUT2D eigenvalue weighted by Gasteiger charge is -2.29.